The zero-order valence-electron chi connectivity index (χ0n) is 13.9. The number of thiophene rings is 1. The van der Waals surface area contributed by atoms with Crippen LogP contribution >= 0.6 is 11.3 Å². The fourth-order valence-electron chi connectivity index (χ4n) is 2.87. The molecule has 0 aliphatic heterocycles. The van der Waals surface area contributed by atoms with Gasteiger partial charge in [0.15, 0.2) is 0 Å². The number of fused-ring (bicyclic) bond motifs is 1. The van der Waals surface area contributed by atoms with Crippen molar-refractivity contribution in [3.8, 4) is 5.75 Å². The van der Waals surface area contributed by atoms with Gasteiger partial charge in [-0.25, -0.2) is 4.98 Å². The Kier molecular flexibility index (Phi) is 3.80. The van der Waals surface area contributed by atoms with Gasteiger partial charge >= 0.3 is 0 Å². The largest absolute Gasteiger partial charge is 0.497 e. The lowest BCUT2D eigenvalue weighted by molar-refractivity contribution is 0.102. The molecule has 1 aromatic carbocycles. The molecule has 1 saturated carbocycles. The van der Waals surface area contributed by atoms with Gasteiger partial charge in [-0.2, -0.15) is 0 Å². The van der Waals surface area contributed by atoms with Crippen molar-refractivity contribution < 1.29 is 9.53 Å². The smallest absolute Gasteiger partial charge is 0.271 e. The number of carbonyl (C=O) groups is 1. The van der Waals surface area contributed by atoms with Crippen LogP contribution in [0.1, 0.15) is 34.1 Å². The third-order valence-corrected chi connectivity index (χ3v) is 5.38. The number of methoxy groups -OCH3 is 1. The molecule has 0 bridgehead atoms. The van der Waals surface area contributed by atoms with Crippen molar-refractivity contribution in [1.82, 2.24) is 9.55 Å². The molecule has 2 heterocycles. The lowest BCUT2D eigenvalue weighted by Crippen LogP contribution is -2.19. The fourth-order valence-corrected chi connectivity index (χ4v) is 3.91. The maximum atomic E-state index is 12.8. The normalized spacial score (nSPS) is 13.8. The van der Waals surface area contributed by atoms with E-state index in [0.717, 1.165) is 17.7 Å². The van der Waals surface area contributed by atoms with Gasteiger partial charge in [0.05, 0.1) is 19.0 Å². The predicted molar refractivity (Wildman–Crippen MR) is 97.8 cm³/mol. The molecule has 1 N–H and O–H groups in total. The molecule has 1 fully saturated rings. The summed E-state index contributed by atoms with van der Waals surface area (Å²) in [6.07, 6.45) is 3.60. The summed E-state index contributed by atoms with van der Waals surface area (Å²) in [5.41, 5.74) is 1.52. The molecule has 0 unspecified atom stereocenters. The van der Waals surface area contributed by atoms with E-state index >= 15 is 0 Å². The minimum Gasteiger partial charge on any atom is -0.497 e. The third-order valence-electron chi connectivity index (χ3n) is 4.29. The second-order valence-corrected chi connectivity index (χ2v) is 7.31. The van der Waals surface area contributed by atoms with Crippen LogP contribution in [0.5, 0.6) is 5.75 Å². The molecule has 6 nitrogen and oxygen atoms in total. The van der Waals surface area contributed by atoms with E-state index in [-0.39, 0.29) is 17.5 Å². The van der Waals surface area contributed by atoms with Gasteiger partial charge in [-0.05, 0) is 31.9 Å². The molecule has 25 heavy (non-hydrogen) atoms. The molecule has 0 saturated heterocycles. The topological polar surface area (TPSA) is 73.2 Å². The zero-order valence-corrected chi connectivity index (χ0v) is 14.7. The molecular weight excluding hydrogens is 338 g/mol. The number of hydrogen-bond acceptors (Lipinski definition) is 5. The van der Waals surface area contributed by atoms with Crippen LogP contribution in [0.4, 0.5) is 5.69 Å². The minimum atomic E-state index is -0.270. The van der Waals surface area contributed by atoms with E-state index in [2.05, 4.69) is 10.3 Å². The number of aryl methyl sites for hydroxylation is 1. The van der Waals surface area contributed by atoms with E-state index in [9.17, 15) is 9.59 Å². The average molecular weight is 355 g/mol. The Hall–Kier alpha value is -2.67. The van der Waals surface area contributed by atoms with Crippen molar-refractivity contribution in [3.05, 3.63) is 51.4 Å². The lowest BCUT2D eigenvalue weighted by atomic mass is 10.2. The maximum absolute atomic E-state index is 12.8. The summed E-state index contributed by atoms with van der Waals surface area (Å²) in [4.78, 5) is 30.6. The number of aromatic nitrogens is 2. The van der Waals surface area contributed by atoms with Gasteiger partial charge in [0.2, 0.25) is 0 Å². The number of nitrogens with one attached hydrogen (secondary N) is 1. The van der Waals surface area contributed by atoms with Gasteiger partial charge in [0.25, 0.3) is 11.5 Å². The molecule has 7 heteroatoms. The number of carbonyl (C=O) groups excluding carboxylic acids is 1. The lowest BCUT2D eigenvalue weighted by Gasteiger charge is -2.07. The van der Waals surface area contributed by atoms with Crippen molar-refractivity contribution in [3.63, 3.8) is 0 Å². The first-order chi connectivity index (χ1) is 12.1. The summed E-state index contributed by atoms with van der Waals surface area (Å²) in [5, 5.41) is 2.86. The van der Waals surface area contributed by atoms with E-state index in [0.29, 0.717) is 27.2 Å². The quantitative estimate of drug-likeness (QED) is 0.779. The van der Waals surface area contributed by atoms with Crippen molar-refractivity contribution in [2.75, 3.05) is 12.4 Å². The first kappa shape index (κ1) is 15.8. The Balaban J connectivity index is 1.73. The van der Waals surface area contributed by atoms with Crippen LogP contribution in [0, 0.1) is 6.92 Å². The highest BCUT2D eigenvalue weighted by Crippen LogP contribution is 2.35. The van der Waals surface area contributed by atoms with Gasteiger partial charge in [0, 0.05) is 22.7 Å². The van der Waals surface area contributed by atoms with Gasteiger partial charge in [-0.1, -0.05) is 6.07 Å². The SMILES string of the molecule is COc1cccc(NC(=O)c2c(C)sc3c(=O)n(C4CC4)cnc23)c1. The molecule has 0 atom stereocenters. The highest BCUT2D eigenvalue weighted by molar-refractivity contribution is 7.19. The predicted octanol–water partition coefficient (Wildman–Crippen LogP) is 3.36. The summed E-state index contributed by atoms with van der Waals surface area (Å²) in [6.45, 7) is 1.84. The second kappa shape index (κ2) is 6.00. The molecule has 128 valence electrons. The third kappa shape index (κ3) is 2.80. The van der Waals surface area contributed by atoms with Crippen molar-refractivity contribution in [1.29, 1.82) is 0 Å². The first-order valence-corrected chi connectivity index (χ1v) is 8.86. The van der Waals surface area contributed by atoms with Crippen LogP contribution in [0.3, 0.4) is 0 Å². The number of nitrogens with zero attached hydrogens (tertiary/aromatic N) is 2. The van der Waals surface area contributed by atoms with Crippen LogP contribution in [0.25, 0.3) is 10.2 Å². The van der Waals surface area contributed by atoms with Gasteiger partial charge in [0.1, 0.15) is 16.0 Å². The molecule has 3 aromatic rings. The zero-order chi connectivity index (χ0) is 17.6. The highest BCUT2D eigenvalue weighted by atomic mass is 32.1. The van der Waals surface area contributed by atoms with Crippen LogP contribution in [0.15, 0.2) is 35.4 Å². The Labute approximate surface area is 148 Å². The van der Waals surface area contributed by atoms with Gasteiger partial charge < -0.3 is 10.1 Å². The Morgan fingerprint density at radius 1 is 1.40 bits per heavy atom. The van der Waals surface area contributed by atoms with Crippen LogP contribution in [-0.4, -0.2) is 22.6 Å². The van der Waals surface area contributed by atoms with Crippen LogP contribution in [-0.2, 0) is 0 Å². The van der Waals surface area contributed by atoms with E-state index < -0.39 is 0 Å². The van der Waals surface area contributed by atoms with E-state index in [4.69, 9.17) is 4.74 Å². The van der Waals surface area contributed by atoms with Crippen LogP contribution < -0.4 is 15.6 Å². The number of amides is 1. The van der Waals surface area contributed by atoms with E-state index in [1.54, 1.807) is 36.2 Å². The fraction of sp³-hybridized carbons (Fsp3) is 0.278. The summed E-state index contributed by atoms with van der Waals surface area (Å²) in [6, 6.07) is 7.41. The molecular formula is C18H17N3O3S. The van der Waals surface area contributed by atoms with E-state index in [1.807, 2.05) is 13.0 Å². The molecule has 0 spiro atoms. The molecule has 1 amide bonds. The standard InChI is InChI=1S/C18H17N3O3S/c1-10-14(17(22)20-11-4-3-5-13(8-11)24-2)15-16(25-10)18(23)21(9-19-15)12-6-7-12/h3-5,8-9,12H,6-7H2,1-2H3,(H,20,22). The Morgan fingerprint density at radius 2 is 2.20 bits per heavy atom. The molecule has 1 aliphatic rings. The summed E-state index contributed by atoms with van der Waals surface area (Å²) >= 11 is 1.33. The van der Waals surface area contributed by atoms with Gasteiger partial charge in [-0.15, -0.1) is 11.3 Å². The summed E-state index contributed by atoms with van der Waals surface area (Å²) < 4.78 is 7.40. The van der Waals surface area contributed by atoms with Gasteiger partial charge in [-0.3, -0.25) is 14.2 Å². The monoisotopic (exact) mass is 355 g/mol. The van der Waals surface area contributed by atoms with Crippen molar-refractivity contribution in [2.24, 2.45) is 0 Å². The van der Waals surface area contributed by atoms with E-state index in [1.165, 1.54) is 11.3 Å². The summed E-state index contributed by atoms with van der Waals surface area (Å²) in [5.74, 6) is 0.392. The number of anilines is 1. The number of hydrogen-bond donors (Lipinski definition) is 1. The minimum absolute atomic E-state index is 0.0546. The average Bonchev–Trinajstić information content (AvgIpc) is 3.37. The maximum Gasteiger partial charge on any atom is 0.271 e. The number of benzene rings is 1. The molecule has 0 radical (unpaired) electrons. The summed E-state index contributed by atoms with van der Waals surface area (Å²) in [7, 11) is 1.58. The molecule has 1 aliphatic carbocycles. The number of ether oxygens (including phenoxy) is 1. The Morgan fingerprint density at radius 3 is 2.92 bits per heavy atom. The molecule has 4 rings (SSSR count). The van der Waals surface area contributed by atoms with Crippen molar-refractivity contribution in [2.45, 2.75) is 25.8 Å². The number of rotatable bonds is 4. The highest BCUT2D eigenvalue weighted by Gasteiger charge is 2.27. The second-order valence-electron chi connectivity index (χ2n) is 6.09. The van der Waals surface area contributed by atoms with Crippen molar-refractivity contribution >= 4 is 33.1 Å². The molecule has 2 aromatic heterocycles. The van der Waals surface area contributed by atoms with Crippen LogP contribution in [0.2, 0.25) is 0 Å². The first-order valence-electron chi connectivity index (χ1n) is 8.04. The Bertz CT molecular complexity index is 1030.